The summed E-state index contributed by atoms with van der Waals surface area (Å²) in [5.74, 6) is -1.34. The van der Waals surface area contributed by atoms with E-state index in [-0.39, 0.29) is 17.1 Å². The van der Waals surface area contributed by atoms with Crippen LogP contribution in [0.15, 0.2) is 48.5 Å². The second-order valence-electron chi connectivity index (χ2n) is 6.21. The Morgan fingerprint density at radius 3 is 2.33 bits per heavy atom. The maximum Gasteiger partial charge on any atom is 0.418 e. The highest BCUT2D eigenvalue weighted by molar-refractivity contribution is 6.33. The van der Waals surface area contributed by atoms with Crippen LogP contribution < -0.4 is 10.6 Å². The highest BCUT2D eigenvalue weighted by Crippen LogP contribution is 2.34. The standard InChI is InChI=1S/C19H15ClF3N5O2/c1-11-17(18(30)25-15-9-5-3-7-13(15)20)26-27-28(11)10-16(29)24-14-8-4-2-6-12(14)19(21,22)23/h2-9H,10H2,1H3,(H,24,29)(H,25,30). The van der Waals surface area contributed by atoms with Gasteiger partial charge in [0, 0.05) is 0 Å². The first-order valence-corrected chi connectivity index (χ1v) is 8.96. The van der Waals surface area contributed by atoms with E-state index >= 15 is 0 Å². The van der Waals surface area contributed by atoms with Crippen molar-refractivity contribution in [2.24, 2.45) is 0 Å². The van der Waals surface area contributed by atoms with Gasteiger partial charge in [0.25, 0.3) is 5.91 Å². The van der Waals surface area contributed by atoms with Crippen molar-refractivity contribution in [3.05, 3.63) is 70.5 Å². The quantitative estimate of drug-likeness (QED) is 0.627. The van der Waals surface area contributed by atoms with Gasteiger partial charge in [-0.25, -0.2) is 4.68 Å². The maximum absolute atomic E-state index is 13.1. The Balaban J connectivity index is 1.72. The summed E-state index contributed by atoms with van der Waals surface area (Å²) in [4.78, 5) is 24.7. The fourth-order valence-electron chi connectivity index (χ4n) is 2.63. The maximum atomic E-state index is 13.1. The molecule has 0 radical (unpaired) electrons. The third-order valence-electron chi connectivity index (χ3n) is 4.12. The van der Waals surface area contributed by atoms with Crippen LogP contribution >= 0.6 is 11.6 Å². The molecule has 30 heavy (non-hydrogen) atoms. The Hall–Kier alpha value is -3.40. The van der Waals surface area contributed by atoms with Gasteiger partial charge in [-0.3, -0.25) is 9.59 Å². The van der Waals surface area contributed by atoms with Crippen LogP contribution in [0.25, 0.3) is 0 Å². The van der Waals surface area contributed by atoms with E-state index in [0.29, 0.717) is 10.7 Å². The Bertz CT molecular complexity index is 1100. The largest absolute Gasteiger partial charge is 0.418 e. The van der Waals surface area contributed by atoms with Crippen molar-refractivity contribution in [3.8, 4) is 0 Å². The number of hydrogen-bond acceptors (Lipinski definition) is 4. The summed E-state index contributed by atoms with van der Waals surface area (Å²) in [6.07, 6.45) is -4.61. The average Bonchev–Trinajstić information content (AvgIpc) is 3.03. The molecule has 0 fully saturated rings. The first kappa shape index (κ1) is 21.3. The van der Waals surface area contributed by atoms with Crippen molar-refractivity contribution in [2.75, 3.05) is 10.6 Å². The van der Waals surface area contributed by atoms with E-state index in [1.807, 2.05) is 0 Å². The number of aromatic nitrogens is 3. The second kappa shape index (κ2) is 8.54. The first-order valence-electron chi connectivity index (χ1n) is 8.59. The molecule has 0 atom stereocenters. The molecule has 0 saturated heterocycles. The molecule has 0 aliphatic rings. The minimum Gasteiger partial charge on any atom is -0.324 e. The number of alkyl halides is 3. The normalized spacial score (nSPS) is 11.2. The third-order valence-corrected chi connectivity index (χ3v) is 4.45. The number of halogens is 4. The van der Waals surface area contributed by atoms with Crippen LogP contribution in [0, 0.1) is 6.92 Å². The lowest BCUT2D eigenvalue weighted by atomic mass is 10.1. The molecule has 0 aliphatic carbocycles. The summed E-state index contributed by atoms with van der Waals surface area (Å²) >= 11 is 6.00. The minimum atomic E-state index is -4.61. The molecule has 2 aromatic carbocycles. The van der Waals surface area contributed by atoms with Crippen molar-refractivity contribution < 1.29 is 22.8 Å². The minimum absolute atomic E-state index is 0.0431. The lowest BCUT2D eigenvalue weighted by Gasteiger charge is -2.13. The molecule has 2 N–H and O–H groups in total. The van der Waals surface area contributed by atoms with Gasteiger partial charge in [0.1, 0.15) is 6.54 Å². The fraction of sp³-hybridized carbons (Fsp3) is 0.158. The van der Waals surface area contributed by atoms with E-state index in [1.165, 1.54) is 19.1 Å². The smallest absolute Gasteiger partial charge is 0.324 e. The number of nitrogens with zero attached hydrogens (tertiary/aromatic N) is 3. The summed E-state index contributed by atoms with van der Waals surface area (Å²) in [5.41, 5.74) is -0.741. The lowest BCUT2D eigenvalue weighted by Crippen LogP contribution is -2.22. The summed E-state index contributed by atoms with van der Waals surface area (Å²) in [6.45, 7) is 1.09. The number of nitrogens with one attached hydrogen (secondary N) is 2. The monoisotopic (exact) mass is 437 g/mol. The zero-order valence-corrected chi connectivity index (χ0v) is 16.3. The molecule has 11 heteroatoms. The van der Waals surface area contributed by atoms with Gasteiger partial charge in [-0.15, -0.1) is 5.10 Å². The van der Waals surface area contributed by atoms with Crippen LogP contribution in [0.5, 0.6) is 0 Å². The molecular formula is C19H15ClF3N5O2. The second-order valence-corrected chi connectivity index (χ2v) is 6.61. The molecule has 0 aliphatic heterocycles. The highest BCUT2D eigenvalue weighted by atomic mass is 35.5. The topological polar surface area (TPSA) is 88.9 Å². The molecule has 156 valence electrons. The van der Waals surface area contributed by atoms with Gasteiger partial charge in [-0.1, -0.05) is 41.1 Å². The van der Waals surface area contributed by atoms with E-state index in [2.05, 4.69) is 20.9 Å². The van der Waals surface area contributed by atoms with Crippen molar-refractivity contribution >= 4 is 34.8 Å². The van der Waals surface area contributed by atoms with Crippen LogP contribution in [-0.4, -0.2) is 26.8 Å². The Morgan fingerprint density at radius 2 is 1.67 bits per heavy atom. The number of carbonyl (C=O) groups excluding carboxylic acids is 2. The van der Waals surface area contributed by atoms with Gasteiger partial charge < -0.3 is 10.6 Å². The summed E-state index contributed by atoms with van der Waals surface area (Å²) < 4.78 is 40.3. The van der Waals surface area contributed by atoms with Crippen LogP contribution in [0.3, 0.4) is 0 Å². The van der Waals surface area contributed by atoms with Crippen LogP contribution in [0.1, 0.15) is 21.7 Å². The van der Waals surface area contributed by atoms with E-state index < -0.39 is 30.1 Å². The number of benzene rings is 2. The van der Waals surface area contributed by atoms with Crippen molar-refractivity contribution in [3.63, 3.8) is 0 Å². The van der Waals surface area contributed by atoms with Crippen molar-refractivity contribution in [1.29, 1.82) is 0 Å². The number of hydrogen-bond donors (Lipinski definition) is 2. The van der Waals surface area contributed by atoms with Gasteiger partial charge in [-0.05, 0) is 31.2 Å². The Morgan fingerprint density at radius 1 is 1.03 bits per heavy atom. The number of amides is 2. The summed E-state index contributed by atoms with van der Waals surface area (Å²) in [7, 11) is 0. The zero-order valence-electron chi connectivity index (χ0n) is 15.5. The number of anilines is 2. The van der Waals surface area contributed by atoms with Crippen molar-refractivity contribution in [2.45, 2.75) is 19.6 Å². The first-order chi connectivity index (χ1) is 14.2. The summed E-state index contributed by atoms with van der Waals surface area (Å²) in [6, 6.07) is 11.2. The van der Waals surface area contributed by atoms with Crippen LogP contribution in [0.2, 0.25) is 5.02 Å². The van der Waals surface area contributed by atoms with Gasteiger partial charge in [0.15, 0.2) is 5.69 Å². The van der Waals surface area contributed by atoms with E-state index in [1.54, 1.807) is 24.3 Å². The number of carbonyl (C=O) groups is 2. The van der Waals surface area contributed by atoms with Crippen LogP contribution in [0.4, 0.5) is 24.5 Å². The molecule has 1 heterocycles. The van der Waals surface area contributed by atoms with Gasteiger partial charge in [0.2, 0.25) is 5.91 Å². The fourth-order valence-corrected chi connectivity index (χ4v) is 2.81. The predicted molar refractivity (Wildman–Crippen MR) is 104 cm³/mol. The van der Waals surface area contributed by atoms with E-state index in [4.69, 9.17) is 11.6 Å². The SMILES string of the molecule is Cc1c(C(=O)Nc2ccccc2Cl)nnn1CC(=O)Nc1ccccc1C(F)(F)F. The molecule has 1 aromatic heterocycles. The molecule has 0 saturated carbocycles. The number of rotatable bonds is 5. The van der Waals surface area contributed by atoms with Gasteiger partial charge >= 0.3 is 6.18 Å². The molecule has 0 unspecified atom stereocenters. The zero-order chi connectivity index (χ0) is 21.9. The molecule has 0 spiro atoms. The van der Waals surface area contributed by atoms with Crippen molar-refractivity contribution in [1.82, 2.24) is 15.0 Å². The molecule has 7 nitrogen and oxygen atoms in total. The molecule has 2 amide bonds. The average molecular weight is 438 g/mol. The Labute approximate surface area is 173 Å². The Kier molecular flexibility index (Phi) is 6.06. The van der Waals surface area contributed by atoms with Crippen LogP contribution in [-0.2, 0) is 17.5 Å². The molecular weight excluding hydrogens is 423 g/mol. The third kappa shape index (κ3) is 4.77. The van der Waals surface area contributed by atoms with Gasteiger partial charge in [-0.2, -0.15) is 13.2 Å². The highest BCUT2D eigenvalue weighted by Gasteiger charge is 2.33. The predicted octanol–water partition coefficient (Wildman–Crippen LogP) is 4.15. The molecule has 0 bridgehead atoms. The molecule has 3 rings (SSSR count). The number of para-hydroxylation sites is 2. The van der Waals surface area contributed by atoms with E-state index in [0.717, 1.165) is 16.8 Å². The van der Waals surface area contributed by atoms with Gasteiger partial charge in [0.05, 0.1) is 27.7 Å². The lowest BCUT2D eigenvalue weighted by molar-refractivity contribution is -0.137. The summed E-state index contributed by atoms with van der Waals surface area (Å²) in [5, 5.41) is 12.6. The molecule has 3 aromatic rings. The van der Waals surface area contributed by atoms with E-state index in [9.17, 15) is 22.8 Å².